The molecule has 2 aromatic heterocycles. The van der Waals surface area contributed by atoms with Crippen molar-refractivity contribution in [1.29, 1.82) is 0 Å². The van der Waals surface area contributed by atoms with E-state index in [1.54, 1.807) is 18.3 Å². The van der Waals surface area contributed by atoms with Crippen LogP contribution in [0.5, 0.6) is 5.75 Å². The maximum atomic E-state index is 11.3. The number of nitrogens with zero attached hydrogens (tertiary/aromatic N) is 1. The molecule has 4 nitrogen and oxygen atoms in total. The molecule has 0 unspecified atom stereocenters. The summed E-state index contributed by atoms with van der Waals surface area (Å²) in [5, 5.41) is 11.8. The standard InChI is InChI=1S/C23H16ClNO3S/c24-18-6-7-21(28-14-15-4-2-1-3-5-15)20(11-18)19-8-9-29-22(19)16-10-17(23(26)27)13-25-12-16/h1-13H,14H2,(H,26,27). The van der Waals surface area contributed by atoms with Crippen molar-refractivity contribution >= 4 is 28.9 Å². The Kier molecular flexibility index (Phi) is 5.60. The van der Waals surface area contributed by atoms with E-state index in [1.165, 1.54) is 17.5 Å². The van der Waals surface area contributed by atoms with Crippen LogP contribution in [-0.2, 0) is 6.61 Å². The predicted octanol–water partition coefficient (Wildman–Crippen LogP) is 6.41. The number of aromatic carboxylic acids is 1. The molecule has 0 aliphatic heterocycles. The Balaban J connectivity index is 1.73. The average Bonchev–Trinajstić information content (AvgIpc) is 3.23. The number of aromatic nitrogens is 1. The van der Waals surface area contributed by atoms with Gasteiger partial charge in [0.2, 0.25) is 0 Å². The summed E-state index contributed by atoms with van der Waals surface area (Å²) in [7, 11) is 0. The Morgan fingerprint density at radius 1 is 1.03 bits per heavy atom. The number of pyridine rings is 1. The molecule has 0 aliphatic rings. The van der Waals surface area contributed by atoms with Crippen LogP contribution in [0.25, 0.3) is 21.6 Å². The van der Waals surface area contributed by atoms with E-state index in [9.17, 15) is 9.90 Å². The lowest BCUT2D eigenvalue weighted by Crippen LogP contribution is -1.98. The van der Waals surface area contributed by atoms with Crippen molar-refractivity contribution in [3.05, 3.63) is 94.6 Å². The summed E-state index contributed by atoms with van der Waals surface area (Å²) >= 11 is 7.79. The average molecular weight is 422 g/mol. The minimum Gasteiger partial charge on any atom is -0.488 e. The van der Waals surface area contributed by atoms with E-state index in [4.69, 9.17) is 16.3 Å². The monoisotopic (exact) mass is 421 g/mol. The summed E-state index contributed by atoms with van der Waals surface area (Å²) in [5.74, 6) is -0.299. The molecule has 144 valence electrons. The van der Waals surface area contributed by atoms with Crippen LogP contribution < -0.4 is 4.74 Å². The van der Waals surface area contributed by atoms with Gasteiger partial charge in [-0.2, -0.15) is 0 Å². The molecule has 0 bridgehead atoms. The van der Waals surface area contributed by atoms with Gasteiger partial charge in [0.25, 0.3) is 0 Å². The molecule has 0 radical (unpaired) electrons. The summed E-state index contributed by atoms with van der Waals surface area (Å²) in [6.45, 7) is 0.436. The van der Waals surface area contributed by atoms with Crippen LogP contribution in [-0.4, -0.2) is 16.1 Å². The van der Waals surface area contributed by atoms with Gasteiger partial charge < -0.3 is 9.84 Å². The van der Waals surface area contributed by atoms with Gasteiger partial charge in [-0.15, -0.1) is 11.3 Å². The van der Waals surface area contributed by atoms with Crippen LogP contribution in [0.3, 0.4) is 0 Å². The van der Waals surface area contributed by atoms with Crippen molar-refractivity contribution in [3.63, 3.8) is 0 Å². The van der Waals surface area contributed by atoms with Crippen LogP contribution in [0.1, 0.15) is 15.9 Å². The SMILES string of the molecule is O=C(O)c1cncc(-c2sccc2-c2cc(Cl)ccc2OCc2ccccc2)c1. The molecule has 29 heavy (non-hydrogen) atoms. The van der Waals surface area contributed by atoms with E-state index in [2.05, 4.69) is 4.98 Å². The summed E-state index contributed by atoms with van der Waals surface area (Å²) in [5.41, 5.74) is 3.73. The first-order chi connectivity index (χ1) is 14.1. The zero-order valence-corrected chi connectivity index (χ0v) is 16.8. The first kappa shape index (κ1) is 19.2. The molecule has 6 heteroatoms. The number of hydrogen-bond acceptors (Lipinski definition) is 4. The van der Waals surface area contributed by atoms with E-state index < -0.39 is 5.97 Å². The Morgan fingerprint density at radius 2 is 1.86 bits per heavy atom. The molecule has 2 aromatic carbocycles. The molecular formula is C23H16ClNO3S. The van der Waals surface area contributed by atoms with Gasteiger partial charge in [0.05, 0.1) is 5.56 Å². The topological polar surface area (TPSA) is 59.4 Å². The summed E-state index contributed by atoms with van der Waals surface area (Å²) in [6.07, 6.45) is 3.00. The first-order valence-corrected chi connectivity index (χ1v) is 10.1. The highest BCUT2D eigenvalue weighted by Gasteiger charge is 2.16. The number of benzene rings is 2. The van der Waals surface area contributed by atoms with E-state index in [0.717, 1.165) is 27.1 Å². The molecular weight excluding hydrogens is 406 g/mol. The molecule has 0 fully saturated rings. The van der Waals surface area contributed by atoms with Crippen molar-refractivity contribution in [1.82, 2.24) is 4.98 Å². The molecule has 0 saturated heterocycles. The van der Waals surface area contributed by atoms with Crippen molar-refractivity contribution in [3.8, 4) is 27.3 Å². The summed E-state index contributed by atoms with van der Waals surface area (Å²) in [4.78, 5) is 16.3. The molecule has 0 amide bonds. The van der Waals surface area contributed by atoms with Gasteiger partial charge in [0.1, 0.15) is 12.4 Å². The largest absolute Gasteiger partial charge is 0.488 e. The summed E-state index contributed by atoms with van der Waals surface area (Å²) in [6, 6.07) is 19.0. The third-order valence-corrected chi connectivity index (χ3v) is 5.58. The zero-order chi connectivity index (χ0) is 20.2. The lowest BCUT2D eigenvalue weighted by atomic mass is 10.0. The predicted molar refractivity (Wildman–Crippen MR) is 116 cm³/mol. The third kappa shape index (κ3) is 4.31. The van der Waals surface area contributed by atoms with E-state index in [1.807, 2.05) is 53.9 Å². The molecule has 0 saturated carbocycles. The normalized spacial score (nSPS) is 10.7. The second-order valence-corrected chi connectivity index (χ2v) is 7.70. The second kappa shape index (κ2) is 8.47. The van der Waals surface area contributed by atoms with Gasteiger partial charge in [0.15, 0.2) is 0 Å². The highest BCUT2D eigenvalue weighted by atomic mass is 35.5. The fourth-order valence-corrected chi connectivity index (χ4v) is 4.06. The van der Waals surface area contributed by atoms with Crippen LogP contribution in [0.15, 0.2) is 78.4 Å². The number of thiophene rings is 1. The number of halogens is 1. The Bertz CT molecular complexity index is 1160. The smallest absolute Gasteiger partial charge is 0.337 e. The molecule has 0 atom stereocenters. The van der Waals surface area contributed by atoms with Crippen LogP contribution in [0.2, 0.25) is 5.02 Å². The van der Waals surface area contributed by atoms with Gasteiger partial charge in [0, 0.05) is 39.0 Å². The van der Waals surface area contributed by atoms with Gasteiger partial charge in [-0.1, -0.05) is 41.9 Å². The quantitative estimate of drug-likeness (QED) is 0.391. The second-order valence-electron chi connectivity index (χ2n) is 6.35. The number of ether oxygens (including phenoxy) is 1. The lowest BCUT2D eigenvalue weighted by Gasteiger charge is -2.13. The number of carboxylic acid groups (broad SMARTS) is 1. The van der Waals surface area contributed by atoms with Gasteiger partial charge in [-0.05, 0) is 41.3 Å². The van der Waals surface area contributed by atoms with Crippen molar-refractivity contribution < 1.29 is 14.6 Å². The minimum absolute atomic E-state index is 0.147. The maximum Gasteiger partial charge on any atom is 0.337 e. The highest BCUT2D eigenvalue weighted by molar-refractivity contribution is 7.14. The fraction of sp³-hybridized carbons (Fsp3) is 0.0435. The molecule has 0 aliphatic carbocycles. The Labute approximate surface area is 177 Å². The number of hydrogen-bond donors (Lipinski definition) is 1. The minimum atomic E-state index is -1.01. The molecule has 2 heterocycles. The third-order valence-electron chi connectivity index (χ3n) is 4.38. The summed E-state index contributed by atoms with van der Waals surface area (Å²) < 4.78 is 6.09. The Morgan fingerprint density at radius 3 is 2.66 bits per heavy atom. The number of carboxylic acids is 1. The van der Waals surface area contributed by atoms with Gasteiger partial charge >= 0.3 is 5.97 Å². The lowest BCUT2D eigenvalue weighted by molar-refractivity contribution is 0.0696. The van der Waals surface area contributed by atoms with Gasteiger partial charge in [-0.25, -0.2) is 4.79 Å². The van der Waals surface area contributed by atoms with Crippen molar-refractivity contribution in [2.24, 2.45) is 0 Å². The van der Waals surface area contributed by atoms with Gasteiger partial charge in [-0.3, -0.25) is 4.98 Å². The van der Waals surface area contributed by atoms with E-state index >= 15 is 0 Å². The van der Waals surface area contributed by atoms with Crippen molar-refractivity contribution in [2.75, 3.05) is 0 Å². The zero-order valence-electron chi connectivity index (χ0n) is 15.2. The highest BCUT2D eigenvalue weighted by Crippen LogP contribution is 2.42. The Hall–Kier alpha value is -3.15. The van der Waals surface area contributed by atoms with E-state index in [-0.39, 0.29) is 5.56 Å². The maximum absolute atomic E-state index is 11.3. The van der Waals surface area contributed by atoms with Crippen LogP contribution >= 0.6 is 22.9 Å². The molecule has 4 rings (SSSR count). The molecule has 4 aromatic rings. The molecule has 0 spiro atoms. The number of carbonyl (C=O) groups is 1. The first-order valence-electron chi connectivity index (χ1n) is 8.84. The van der Waals surface area contributed by atoms with E-state index in [0.29, 0.717) is 17.4 Å². The molecule has 1 N–H and O–H groups in total. The number of rotatable bonds is 6. The van der Waals surface area contributed by atoms with Crippen LogP contribution in [0, 0.1) is 0 Å². The fourth-order valence-electron chi connectivity index (χ4n) is 3.00. The van der Waals surface area contributed by atoms with Crippen LogP contribution in [0.4, 0.5) is 0 Å². The van der Waals surface area contributed by atoms with Crippen molar-refractivity contribution in [2.45, 2.75) is 6.61 Å².